The largest absolute Gasteiger partial charge is 0.463 e. The van der Waals surface area contributed by atoms with Crippen LogP contribution in [0.5, 0.6) is 0 Å². The van der Waals surface area contributed by atoms with Crippen LogP contribution in [0.25, 0.3) is 0 Å². The normalized spacial score (nSPS) is 20.1. The molecular formula is C15H20N2O3. The Morgan fingerprint density at radius 2 is 2.20 bits per heavy atom. The van der Waals surface area contributed by atoms with E-state index in [4.69, 9.17) is 4.42 Å². The van der Waals surface area contributed by atoms with Crippen LogP contribution >= 0.6 is 0 Å². The first kappa shape index (κ1) is 14.6. The second kappa shape index (κ2) is 5.29. The molecule has 1 aliphatic carbocycles. The van der Waals surface area contributed by atoms with Gasteiger partial charge >= 0.3 is 0 Å². The van der Waals surface area contributed by atoms with Crippen molar-refractivity contribution in [1.29, 1.82) is 5.26 Å². The van der Waals surface area contributed by atoms with Crippen molar-refractivity contribution in [2.75, 3.05) is 6.54 Å². The van der Waals surface area contributed by atoms with E-state index in [9.17, 15) is 15.2 Å². The van der Waals surface area contributed by atoms with Crippen molar-refractivity contribution in [3.63, 3.8) is 0 Å². The first-order valence-electron chi connectivity index (χ1n) is 6.88. The zero-order valence-corrected chi connectivity index (χ0v) is 11.9. The van der Waals surface area contributed by atoms with Gasteiger partial charge in [0.2, 0.25) is 5.91 Å². The highest BCUT2D eigenvalue weighted by atomic mass is 16.4. The number of amides is 1. The van der Waals surface area contributed by atoms with E-state index < -0.39 is 11.0 Å². The molecule has 1 aromatic rings. The Hall–Kier alpha value is -1.80. The van der Waals surface area contributed by atoms with Gasteiger partial charge in [0, 0.05) is 0 Å². The number of hydrogen-bond donors (Lipinski definition) is 2. The lowest BCUT2D eigenvalue weighted by Crippen LogP contribution is -2.44. The van der Waals surface area contributed by atoms with E-state index in [0.29, 0.717) is 24.4 Å². The summed E-state index contributed by atoms with van der Waals surface area (Å²) in [7, 11) is 0. The lowest BCUT2D eigenvalue weighted by atomic mass is 9.87. The molecule has 1 saturated carbocycles. The van der Waals surface area contributed by atoms with E-state index in [0.717, 1.165) is 12.8 Å². The number of carbonyl (C=O) groups is 1. The number of aliphatic hydroxyl groups is 1. The molecule has 5 nitrogen and oxygen atoms in total. The topological polar surface area (TPSA) is 86.3 Å². The standard InChI is InChI=1S/C15H20N2O3/c1-11-5-6-12(20-11)14(2,19)10-17-13(18)15(9-16)7-3-4-8-15/h5-6,19H,3-4,7-8,10H2,1-2H3,(H,17,18)/t14-/m1/s1. The predicted octanol–water partition coefficient (Wildman–Crippen LogP) is 2.00. The third-order valence-corrected chi connectivity index (χ3v) is 3.97. The molecule has 0 unspecified atom stereocenters. The molecule has 1 amide bonds. The van der Waals surface area contributed by atoms with Gasteiger partial charge in [-0.1, -0.05) is 12.8 Å². The monoisotopic (exact) mass is 276 g/mol. The van der Waals surface area contributed by atoms with Gasteiger partial charge < -0.3 is 14.8 Å². The fourth-order valence-corrected chi connectivity index (χ4v) is 2.60. The second-order valence-electron chi connectivity index (χ2n) is 5.77. The molecule has 20 heavy (non-hydrogen) atoms. The van der Waals surface area contributed by atoms with Crippen LogP contribution in [0.2, 0.25) is 0 Å². The highest BCUT2D eigenvalue weighted by Gasteiger charge is 2.42. The summed E-state index contributed by atoms with van der Waals surface area (Å²) in [6.07, 6.45) is 2.98. The Kier molecular flexibility index (Phi) is 3.87. The minimum absolute atomic E-state index is 0.0300. The summed E-state index contributed by atoms with van der Waals surface area (Å²) < 4.78 is 5.39. The number of furan rings is 1. The first-order chi connectivity index (χ1) is 9.39. The molecule has 1 atom stereocenters. The molecule has 0 aromatic carbocycles. The van der Waals surface area contributed by atoms with Crippen LogP contribution in [0.4, 0.5) is 0 Å². The maximum atomic E-state index is 12.2. The van der Waals surface area contributed by atoms with Crippen molar-refractivity contribution in [1.82, 2.24) is 5.32 Å². The smallest absolute Gasteiger partial charge is 0.240 e. The SMILES string of the molecule is Cc1ccc([C@](C)(O)CNC(=O)C2(C#N)CCCC2)o1. The number of nitrogens with one attached hydrogen (secondary N) is 1. The van der Waals surface area contributed by atoms with Crippen molar-refractivity contribution in [2.24, 2.45) is 5.41 Å². The molecule has 5 heteroatoms. The molecule has 108 valence electrons. The van der Waals surface area contributed by atoms with Crippen LogP contribution in [0.3, 0.4) is 0 Å². The van der Waals surface area contributed by atoms with E-state index in [1.165, 1.54) is 0 Å². The summed E-state index contributed by atoms with van der Waals surface area (Å²) in [5.41, 5.74) is -2.20. The number of aryl methyl sites for hydroxylation is 1. The predicted molar refractivity (Wildman–Crippen MR) is 72.5 cm³/mol. The quantitative estimate of drug-likeness (QED) is 0.880. The van der Waals surface area contributed by atoms with Crippen molar-refractivity contribution in [3.8, 4) is 6.07 Å². The van der Waals surface area contributed by atoms with Gasteiger partial charge in [0.25, 0.3) is 0 Å². The van der Waals surface area contributed by atoms with Gasteiger partial charge in [-0.25, -0.2) is 0 Å². The minimum Gasteiger partial charge on any atom is -0.463 e. The Labute approximate surface area is 118 Å². The fraction of sp³-hybridized carbons (Fsp3) is 0.600. The molecule has 0 bridgehead atoms. The highest BCUT2D eigenvalue weighted by molar-refractivity contribution is 5.85. The number of nitriles is 1. The first-order valence-corrected chi connectivity index (χ1v) is 6.88. The summed E-state index contributed by atoms with van der Waals surface area (Å²) in [5, 5.41) is 22.3. The molecule has 0 spiro atoms. The van der Waals surface area contributed by atoms with Gasteiger partial charge in [-0.15, -0.1) is 0 Å². The molecule has 0 aliphatic heterocycles. The third kappa shape index (κ3) is 2.70. The maximum absolute atomic E-state index is 12.2. The third-order valence-electron chi connectivity index (χ3n) is 3.97. The van der Waals surface area contributed by atoms with Crippen LogP contribution in [0.1, 0.15) is 44.1 Å². The number of rotatable bonds is 4. The van der Waals surface area contributed by atoms with Gasteiger partial charge in [0.1, 0.15) is 22.5 Å². The van der Waals surface area contributed by atoms with E-state index in [1.54, 1.807) is 26.0 Å². The van der Waals surface area contributed by atoms with E-state index in [2.05, 4.69) is 11.4 Å². The summed E-state index contributed by atoms with van der Waals surface area (Å²) >= 11 is 0. The molecule has 0 saturated heterocycles. The fourth-order valence-electron chi connectivity index (χ4n) is 2.60. The summed E-state index contributed by atoms with van der Waals surface area (Å²) in [6, 6.07) is 5.60. The van der Waals surface area contributed by atoms with Gasteiger partial charge in [0.15, 0.2) is 0 Å². The molecular weight excluding hydrogens is 256 g/mol. The van der Waals surface area contributed by atoms with Crippen LogP contribution in [-0.4, -0.2) is 17.6 Å². The lowest BCUT2D eigenvalue weighted by molar-refractivity contribution is -0.129. The van der Waals surface area contributed by atoms with Gasteiger partial charge in [0.05, 0.1) is 12.6 Å². The van der Waals surface area contributed by atoms with Gasteiger partial charge in [-0.3, -0.25) is 4.79 Å². The average Bonchev–Trinajstić information content (AvgIpc) is 3.05. The van der Waals surface area contributed by atoms with Crippen molar-refractivity contribution in [2.45, 2.75) is 45.1 Å². The van der Waals surface area contributed by atoms with Crippen LogP contribution < -0.4 is 5.32 Å². The van der Waals surface area contributed by atoms with E-state index in [-0.39, 0.29) is 12.5 Å². The zero-order chi connectivity index (χ0) is 14.8. The van der Waals surface area contributed by atoms with Crippen molar-refractivity contribution >= 4 is 5.91 Å². The summed E-state index contributed by atoms with van der Waals surface area (Å²) in [4.78, 5) is 12.2. The maximum Gasteiger partial charge on any atom is 0.240 e. The number of hydrogen-bond acceptors (Lipinski definition) is 4. The molecule has 1 fully saturated rings. The van der Waals surface area contributed by atoms with Gasteiger partial charge in [-0.2, -0.15) is 5.26 Å². The Balaban J connectivity index is 2.01. The lowest BCUT2D eigenvalue weighted by Gasteiger charge is -2.25. The summed E-state index contributed by atoms with van der Waals surface area (Å²) in [6.45, 7) is 3.41. The average molecular weight is 276 g/mol. The Morgan fingerprint density at radius 1 is 1.55 bits per heavy atom. The number of nitrogens with zero attached hydrogens (tertiary/aromatic N) is 1. The molecule has 1 heterocycles. The van der Waals surface area contributed by atoms with E-state index >= 15 is 0 Å². The van der Waals surface area contributed by atoms with Crippen LogP contribution in [0.15, 0.2) is 16.5 Å². The van der Waals surface area contributed by atoms with Crippen molar-refractivity contribution in [3.05, 3.63) is 23.7 Å². The molecule has 0 radical (unpaired) electrons. The molecule has 2 N–H and O–H groups in total. The van der Waals surface area contributed by atoms with E-state index in [1.807, 2.05) is 0 Å². The Morgan fingerprint density at radius 3 is 2.70 bits per heavy atom. The molecule has 1 aliphatic rings. The molecule has 1 aromatic heterocycles. The Bertz CT molecular complexity index is 534. The summed E-state index contributed by atoms with van der Waals surface area (Å²) in [5.74, 6) is 0.824. The highest BCUT2D eigenvalue weighted by Crippen LogP contribution is 2.37. The minimum atomic E-state index is -1.28. The van der Waals surface area contributed by atoms with Crippen LogP contribution in [-0.2, 0) is 10.4 Å². The second-order valence-corrected chi connectivity index (χ2v) is 5.77. The molecule has 2 rings (SSSR count). The number of carbonyl (C=O) groups excluding carboxylic acids is 1. The van der Waals surface area contributed by atoms with Crippen molar-refractivity contribution < 1.29 is 14.3 Å². The van der Waals surface area contributed by atoms with Crippen LogP contribution in [0, 0.1) is 23.7 Å². The van der Waals surface area contributed by atoms with Gasteiger partial charge in [-0.05, 0) is 38.8 Å². The zero-order valence-electron chi connectivity index (χ0n) is 11.9.